The molecule has 0 atom stereocenters. The number of hydrogen-bond acceptors (Lipinski definition) is 3. The van der Waals surface area contributed by atoms with Crippen LogP contribution in [0.4, 0.5) is 0 Å². The van der Waals surface area contributed by atoms with Crippen LogP contribution in [0.25, 0.3) is 0 Å². The summed E-state index contributed by atoms with van der Waals surface area (Å²) in [6.45, 7) is 10.3. The lowest BCUT2D eigenvalue weighted by atomic mass is 9.98. The summed E-state index contributed by atoms with van der Waals surface area (Å²) in [4.78, 5) is 11.8. The van der Waals surface area contributed by atoms with Gasteiger partial charge in [0.2, 0.25) is 0 Å². The molecule has 2 N–H and O–H groups in total. The van der Waals surface area contributed by atoms with Crippen LogP contribution in [-0.2, 0) is 19.5 Å². The smallest absolute Gasteiger partial charge is 0.191 e. The fraction of sp³-hybridized carbons (Fsp3) is 0.500. The van der Waals surface area contributed by atoms with Crippen molar-refractivity contribution in [3.63, 3.8) is 0 Å². The van der Waals surface area contributed by atoms with Gasteiger partial charge in [0.05, 0.1) is 6.54 Å². The van der Waals surface area contributed by atoms with Gasteiger partial charge in [-0.15, -0.1) is 0 Å². The molecule has 2 heterocycles. The van der Waals surface area contributed by atoms with E-state index in [2.05, 4.69) is 64.7 Å². The predicted octanol–water partition coefficient (Wildman–Crippen LogP) is 3.61. The maximum atomic E-state index is 4.84. The zero-order chi connectivity index (χ0) is 20.3. The van der Waals surface area contributed by atoms with Crippen molar-refractivity contribution in [1.29, 1.82) is 0 Å². The lowest BCUT2D eigenvalue weighted by molar-refractivity contribution is 0.185. The number of aromatic nitrogens is 1. The molecule has 1 aromatic carbocycles. The van der Waals surface area contributed by atoms with Crippen LogP contribution in [0.3, 0.4) is 0 Å². The maximum Gasteiger partial charge on any atom is 0.191 e. The van der Waals surface area contributed by atoms with Crippen LogP contribution in [0.5, 0.6) is 0 Å². The van der Waals surface area contributed by atoms with Crippen molar-refractivity contribution in [2.45, 2.75) is 46.2 Å². The van der Waals surface area contributed by atoms with Crippen molar-refractivity contribution in [3.8, 4) is 0 Å². The predicted molar refractivity (Wildman–Crippen MR) is 121 cm³/mol. The Morgan fingerprint density at radius 1 is 1.07 bits per heavy atom. The van der Waals surface area contributed by atoms with Gasteiger partial charge < -0.3 is 10.6 Å². The molecule has 1 fully saturated rings. The van der Waals surface area contributed by atoms with Gasteiger partial charge >= 0.3 is 0 Å². The van der Waals surface area contributed by atoms with Gasteiger partial charge in [0.1, 0.15) is 0 Å². The second-order valence-electron chi connectivity index (χ2n) is 7.92. The second kappa shape index (κ2) is 11.6. The first-order chi connectivity index (χ1) is 14.2. The molecule has 0 saturated carbocycles. The number of rotatable bonds is 8. The van der Waals surface area contributed by atoms with Crippen LogP contribution in [-0.4, -0.2) is 42.0 Å². The number of aliphatic imine (C=N–C) groups is 1. The summed E-state index contributed by atoms with van der Waals surface area (Å²) in [7, 11) is 0. The molecule has 2 aromatic rings. The van der Waals surface area contributed by atoms with E-state index in [9.17, 15) is 0 Å². The van der Waals surface area contributed by atoms with Crippen LogP contribution < -0.4 is 10.6 Å². The number of guanidine groups is 1. The molecular weight excluding hydrogens is 358 g/mol. The minimum absolute atomic E-state index is 0.694. The van der Waals surface area contributed by atoms with Crippen LogP contribution in [0, 0.1) is 5.92 Å². The molecule has 0 aliphatic carbocycles. The van der Waals surface area contributed by atoms with Crippen molar-refractivity contribution >= 4 is 5.96 Å². The van der Waals surface area contributed by atoms with Crippen molar-refractivity contribution in [1.82, 2.24) is 20.5 Å². The highest BCUT2D eigenvalue weighted by molar-refractivity contribution is 5.79. The molecule has 0 unspecified atom stereocenters. The third-order valence-corrected chi connectivity index (χ3v) is 5.54. The van der Waals surface area contributed by atoms with Gasteiger partial charge in [-0.1, -0.05) is 37.3 Å². The van der Waals surface area contributed by atoms with Gasteiger partial charge in [-0.25, -0.2) is 4.99 Å². The van der Waals surface area contributed by atoms with E-state index in [4.69, 9.17) is 4.99 Å². The quantitative estimate of drug-likeness (QED) is 0.531. The monoisotopic (exact) mass is 393 g/mol. The number of benzene rings is 1. The molecule has 156 valence electrons. The van der Waals surface area contributed by atoms with Gasteiger partial charge in [-0.2, -0.15) is 0 Å². The molecule has 5 heteroatoms. The van der Waals surface area contributed by atoms with Crippen LogP contribution in [0.2, 0.25) is 0 Å². The molecule has 0 amide bonds. The van der Waals surface area contributed by atoms with E-state index in [1.54, 1.807) is 0 Å². The Hall–Kier alpha value is -2.40. The van der Waals surface area contributed by atoms with Crippen molar-refractivity contribution in [2.24, 2.45) is 10.9 Å². The third kappa shape index (κ3) is 7.17. The molecule has 1 aliphatic heterocycles. The molecule has 5 nitrogen and oxygen atoms in total. The number of nitrogens with one attached hydrogen (secondary N) is 2. The zero-order valence-electron chi connectivity index (χ0n) is 17.9. The highest BCUT2D eigenvalue weighted by Gasteiger charge is 2.16. The number of pyridine rings is 1. The summed E-state index contributed by atoms with van der Waals surface area (Å²) in [5.41, 5.74) is 3.81. The van der Waals surface area contributed by atoms with E-state index >= 15 is 0 Å². The van der Waals surface area contributed by atoms with E-state index < -0.39 is 0 Å². The summed E-state index contributed by atoms with van der Waals surface area (Å²) >= 11 is 0. The van der Waals surface area contributed by atoms with E-state index in [0.29, 0.717) is 6.54 Å². The first-order valence-electron chi connectivity index (χ1n) is 11.0. The number of nitrogens with zero attached hydrogens (tertiary/aromatic N) is 3. The number of piperidine rings is 1. The Kier molecular flexibility index (Phi) is 8.50. The normalized spacial score (nSPS) is 16.0. The van der Waals surface area contributed by atoms with E-state index in [-0.39, 0.29) is 0 Å². The minimum Gasteiger partial charge on any atom is -0.357 e. The van der Waals surface area contributed by atoms with Gasteiger partial charge in [0.15, 0.2) is 5.96 Å². The third-order valence-electron chi connectivity index (χ3n) is 5.54. The van der Waals surface area contributed by atoms with Crippen LogP contribution in [0.15, 0.2) is 53.7 Å². The molecule has 0 radical (unpaired) electrons. The summed E-state index contributed by atoms with van der Waals surface area (Å²) < 4.78 is 0. The lowest BCUT2D eigenvalue weighted by Crippen LogP contribution is -2.38. The topological polar surface area (TPSA) is 52.6 Å². The number of hydrogen-bond donors (Lipinski definition) is 2. The summed E-state index contributed by atoms with van der Waals surface area (Å²) in [6.07, 6.45) is 5.35. The highest BCUT2D eigenvalue weighted by atomic mass is 15.2. The average Bonchev–Trinajstić information content (AvgIpc) is 2.75. The zero-order valence-corrected chi connectivity index (χ0v) is 17.9. The van der Waals surface area contributed by atoms with Crippen LogP contribution >= 0.6 is 0 Å². The second-order valence-corrected chi connectivity index (χ2v) is 7.92. The first kappa shape index (κ1) is 21.3. The van der Waals surface area contributed by atoms with E-state index in [0.717, 1.165) is 43.6 Å². The summed E-state index contributed by atoms with van der Waals surface area (Å²) in [5.74, 6) is 1.73. The first-order valence-corrected chi connectivity index (χ1v) is 11.0. The van der Waals surface area contributed by atoms with Gasteiger partial charge in [-0.05, 0) is 62.0 Å². The largest absolute Gasteiger partial charge is 0.357 e. The van der Waals surface area contributed by atoms with Crippen molar-refractivity contribution in [3.05, 3.63) is 65.5 Å². The molecule has 1 saturated heterocycles. The molecule has 29 heavy (non-hydrogen) atoms. The lowest BCUT2D eigenvalue weighted by Gasteiger charge is -2.30. The van der Waals surface area contributed by atoms with E-state index in [1.165, 1.54) is 37.1 Å². The van der Waals surface area contributed by atoms with E-state index in [1.807, 2.05) is 18.3 Å². The average molecular weight is 394 g/mol. The summed E-state index contributed by atoms with van der Waals surface area (Å²) in [5, 5.41) is 6.79. The Balaban J connectivity index is 1.57. The fourth-order valence-corrected chi connectivity index (χ4v) is 3.69. The maximum absolute atomic E-state index is 4.84. The Labute approximate surface area is 175 Å². The highest BCUT2D eigenvalue weighted by Crippen LogP contribution is 2.20. The Bertz CT molecular complexity index is 751. The van der Waals surface area contributed by atoms with Gasteiger partial charge in [0, 0.05) is 37.9 Å². The molecule has 1 aromatic heterocycles. The SMILES string of the molecule is CCNC(=NCc1ccccc1CN1CCC(C)CC1)NCCc1ccccn1. The minimum atomic E-state index is 0.694. The molecule has 0 spiro atoms. The molecule has 0 bridgehead atoms. The molecule has 3 rings (SSSR count). The number of likely N-dealkylation sites (tertiary alicyclic amines) is 1. The van der Waals surface area contributed by atoms with Gasteiger partial charge in [-0.3, -0.25) is 9.88 Å². The Morgan fingerprint density at radius 3 is 2.55 bits per heavy atom. The van der Waals surface area contributed by atoms with Gasteiger partial charge in [0.25, 0.3) is 0 Å². The van der Waals surface area contributed by atoms with Crippen molar-refractivity contribution < 1.29 is 0 Å². The fourth-order valence-electron chi connectivity index (χ4n) is 3.69. The molecular formula is C24H35N5. The molecule has 1 aliphatic rings. The summed E-state index contributed by atoms with van der Waals surface area (Å²) in [6, 6.07) is 14.8. The Morgan fingerprint density at radius 2 is 1.83 bits per heavy atom. The standard InChI is InChI=1S/C24H35N5/c1-3-25-24(27-15-11-23-10-6-7-14-26-23)28-18-21-8-4-5-9-22(21)19-29-16-12-20(2)13-17-29/h4-10,14,20H,3,11-13,15-19H2,1-2H3,(H2,25,27,28). The van der Waals surface area contributed by atoms with Crippen molar-refractivity contribution in [2.75, 3.05) is 26.2 Å². The van der Waals surface area contributed by atoms with Crippen LogP contribution in [0.1, 0.15) is 43.5 Å².